The largest absolute Gasteiger partial charge is 0.445 e. The summed E-state index contributed by atoms with van der Waals surface area (Å²) in [6.45, 7) is 9.02. The summed E-state index contributed by atoms with van der Waals surface area (Å²) < 4.78 is 34.0. The second-order valence-electron chi connectivity index (χ2n) is 9.93. The molecular formula is C27H33N3O5S. The van der Waals surface area contributed by atoms with Crippen molar-refractivity contribution >= 4 is 38.5 Å². The number of sulfonamides is 1. The molecule has 8 nitrogen and oxygen atoms in total. The number of alkyl carbamates (subject to hydrolysis) is 1. The highest BCUT2D eigenvalue weighted by Gasteiger charge is 2.27. The number of hydrogen-bond acceptors (Lipinski definition) is 5. The van der Waals surface area contributed by atoms with Gasteiger partial charge in [-0.15, -0.1) is 0 Å². The molecule has 0 fully saturated rings. The summed E-state index contributed by atoms with van der Waals surface area (Å²) >= 11 is 0. The fraction of sp³-hybridized carbons (Fsp3) is 0.333. The van der Waals surface area contributed by atoms with Gasteiger partial charge in [0, 0.05) is 22.0 Å². The molecule has 0 aromatic heterocycles. The zero-order valence-electron chi connectivity index (χ0n) is 21.2. The Morgan fingerprint density at radius 3 is 2.17 bits per heavy atom. The summed E-state index contributed by atoms with van der Waals surface area (Å²) in [5.41, 5.74) is 0.619. The second kappa shape index (κ2) is 11.1. The summed E-state index contributed by atoms with van der Waals surface area (Å²) in [6, 6.07) is 18.4. The first-order valence-corrected chi connectivity index (χ1v) is 13.2. The number of rotatable bonds is 8. The third-order valence-electron chi connectivity index (χ3n) is 5.31. The van der Waals surface area contributed by atoms with E-state index in [9.17, 15) is 18.0 Å². The van der Waals surface area contributed by atoms with Gasteiger partial charge in [-0.2, -0.15) is 0 Å². The van der Waals surface area contributed by atoms with Crippen molar-refractivity contribution in [2.45, 2.75) is 57.7 Å². The quantitative estimate of drug-likeness (QED) is 0.402. The molecule has 36 heavy (non-hydrogen) atoms. The molecule has 3 N–H and O–H groups in total. The summed E-state index contributed by atoms with van der Waals surface area (Å²) in [7, 11) is -3.80. The first-order valence-electron chi connectivity index (χ1n) is 11.7. The Labute approximate surface area is 212 Å². The van der Waals surface area contributed by atoms with Gasteiger partial charge in [0.25, 0.3) is 0 Å². The van der Waals surface area contributed by atoms with E-state index in [1.54, 1.807) is 51.1 Å². The monoisotopic (exact) mass is 511 g/mol. The average molecular weight is 512 g/mol. The van der Waals surface area contributed by atoms with Crippen molar-refractivity contribution in [3.8, 4) is 0 Å². The van der Waals surface area contributed by atoms with Crippen molar-refractivity contribution < 1.29 is 22.7 Å². The van der Waals surface area contributed by atoms with E-state index >= 15 is 0 Å². The van der Waals surface area contributed by atoms with Gasteiger partial charge in [-0.05, 0) is 44.4 Å². The normalized spacial score (nSPS) is 12.8. The molecule has 9 heteroatoms. The van der Waals surface area contributed by atoms with E-state index in [4.69, 9.17) is 4.74 Å². The lowest BCUT2D eigenvalue weighted by Crippen LogP contribution is -2.47. The Bertz CT molecular complexity index is 1330. The minimum Gasteiger partial charge on any atom is -0.445 e. The van der Waals surface area contributed by atoms with E-state index in [0.717, 1.165) is 5.56 Å². The van der Waals surface area contributed by atoms with Gasteiger partial charge in [0.05, 0.1) is 4.90 Å². The molecule has 0 heterocycles. The van der Waals surface area contributed by atoms with Crippen LogP contribution >= 0.6 is 0 Å². The highest BCUT2D eigenvalue weighted by atomic mass is 32.2. The van der Waals surface area contributed by atoms with E-state index in [0.29, 0.717) is 16.5 Å². The van der Waals surface area contributed by atoms with Crippen molar-refractivity contribution in [3.05, 3.63) is 72.3 Å². The van der Waals surface area contributed by atoms with Gasteiger partial charge in [0.15, 0.2) is 0 Å². The zero-order chi connectivity index (χ0) is 26.5. The van der Waals surface area contributed by atoms with E-state index < -0.39 is 33.6 Å². The topological polar surface area (TPSA) is 114 Å². The standard InChI is InChI=1S/C27H33N3O5S/c1-18(2)24(29-26(32)35-17-19-11-7-6-8-12-19)25(31)28-22-15-9-14-21-20(22)13-10-16-23(21)36(33,34)30-27(3,4)5/h6-16,18,24,30H,17H2,1-5H3,(H,28,31)(H,29,32)/t24-/m0/s1. The fourth-order valence-corrected chi connectivity index (χ4v) is 5.36. The van der Waals surface area contributed by atoms with Crippen molar-refractivity contribution in [1.29, 1.82) is 0 Å². The van der Waals surface area contributed by atoms with Crippen LogP contribution in [0, 0.1) is 5.92 Å². The minimum atomic E-state index is -3.80. The molecule has 0 aliphatic rings. The average Bonchev–Trinajstić information content (AvgIpc) is 2.80. The van der Waals surface area contributed by atoms with Crippen LogP contribution in [-0.4, -0.2) is 32.0 Å². The molecule has 3 rings (SSSR count). The van der Waals surface area contributed by atoms with Crippen LogP contribution in [-0.2, 0) is 26.2 Å². The Hall–Kier alpha value is -3.43. The molecule has 0 aliphatic carbocycles. The van der Waals surface area contributed by atoms with Crippen LogP contribution in [0.25, 0.3) is 10.8 Å². The molecule has 0 unspecified atom stereocenters. The summed E-state index contributed by atoms with van der Waals surface area (Å²) in [5, 5.41) is 6.53. The molecule has 1 atom stereocenters. The number of hydrogen-bond donors (Lipinski definition) is 3. The second-order valence-corrected chi connectivity index (χ2v) is 11.6. The van der Waals surface area contributed by atoms with Gasteiger partial charge < -0.3 is 15.4 Å². The maximum absolute atomic E-state index is 13.2. The fourth-order valence-electron chi connectivity index (χ4n) is 3.72. The molecule has 0 spiro atoms. The number of ether oxygens (including phenoxy) is 1. The Morgan fingerprint density at radius 1 is 0.889 bits per heavy atom. The van der Waals surface area contributed by atoms with Crippen molar-refractivity contribution in [1.82, 2.24) is 10.0 Å². The number of fused-ring (bicyclic) bond motifs is 1. The molecule has 2 amide bonds. The molecular weight excluding hydrogens is 478 g/mol. The van der Waals surface area contributed by atoms with E-state index in [1.165, 1.54) is 6.07 Å². The van der Waals surface area contributed by atoms with Crippen molar-refractivity contribution in [3.63, 3.8) is 0 Å². The predicted molar refractivity (Wildman–Crippen MR) is 141 cm³/mol. The predicted octanol–water partition coefficient (Wildman–Crippen LogP) is 4.81. The van der Waals surface area contributed by atoms with E-state index in [-0.39, 0.29) is 17.4 Å². The third kappa shape index (κ3) is 7.05. The van der Waals surface area contributed by atoms with Crippen molar-refractivity contribution in [2.75, 3.05) is 5.32 Å². The van der Waals surface area contributed by atoms with Gasteiger partial charge in [-0.1, -0.05) is 68.4 Å². The lowest BCUT2D eigenvalue weighted by molar-refractivity contribution is -0.119. The maximum atomic E-state index is 13.2. The number of anilines is 1. The molecule has 0 bridgehead atoms. The number of carbonyl (C=O) groups excluding carboxylic acids is 2. The lowest BCUT2D eigenvalue weighted by atomic mass is 10.0. The van der Waals surface area contributed by atoms with Crippen LogP contribution in [0.5, 0.6) is 0 Å². The van der Waals surface area contributed by atoms with Gasteiger partial charge in [-0.3, -0.25) is 4.79 Å². The Morgan fingerprint density at radius 2 is 1.53 bits per heavy atom. The van der Waals surface area contributed by atoms with Crippen LogP contribution in [0.3, 0.4) is 0 Å². The summed E-state index contributed by atoms with van der Waals surface area (Å²) in [4.78, 5) is 25.7. The Kier molecular flexibility index (Phi) is 8.37. The third-order valence-corrected chi connectivity index (χ3v) is 7.12. The number of nitrogens with one attached hydrogen (secondary N) is 3. The van der Waals surface area contributed by atoms with Crippen LogP contribution in [0.2, 0.25) is 0 Å². The van der Waals surface area contributed by atoms with Gasteiger partial charge in [0.2, 0.25) is 15.9 Å². The molecule has 0 radical (unpaired) electrons. The first-order chi connectivity index (χ1) is 16.9. The van der Waals surface area contributed by atoms with Crippen molar-refractivity contribution in [2.24, 2.45) is 5.92 Å². The van der Waals surface area contributed by atoms with Crippen LogP contribution in [0.4, 0.5) is 10.5 Å². The van der Waals surface area contributed by atoms with Gasteiger partial charge in [0.1, 0.15) is 12.6 Å². The van der Waals surface area contributed by atoms with Crippen LogP contribution in [0.1, 0.15) is 40.2 Å². The van der Waals surface area contributed by atoms with Gasteiger partial charge >= 0.3 is 6.09 Å². The Balaban J connectivity index is 1.80. The zero-order valence-corrected chi connectivity index (χ0v) is 22.0. The molecule has 0 saturated carbocycles. The molecule has 0 aliphatic heterocycles. The molecule has 192 valence electrons. The van der Waals surface area contributed by atoms with E-state index in [2.05, 4.69) is 15.4 Å². The summed E-state index contributed by atoms with van der Waals surface area (Å²) in [5.74, 6) is -0.661. The number of amides is 2. The first kappa shape index (κ1) is 27.2. The highest BCUT2D eigenvalue weighted by Crippen LogP contribution is 2.29. The van der Waals surface area contributed by atoms with Crippen LogP contribution < -0.4 is 15.4 Å². The highest BCUT2D eigenvalue weighted by molar-refractivity contribution is 7.89. The SMILES string of the molecule is CC(C)[C@H](NC(=O)OCc1ccccc1)C(=O)Nc1cccc2c(S(=O)(=O)NC(C)(C)C)cccc12. The van der Waals surface area contributed by atoms with Crippen LogP contribution in [0.15, 0.2) is 71.6 Å². The maximum Gasteiger partial charge on any atom is 0.408 e. The smallest absolute Gasteiger partial charge is 0.408 e. The molecule has 3 aromatic rings. The van der Waals surface area contributed by atoms with E-state index in [1.807, 2.05) is 44.2 Å². The molecule has 3 aromatic carbocycles. The lowest BCUT2D eigenvalue weighted by Gasteiger charge is -2.23. The molecule has 0 saturated heterocycles. The van der Waals surface area contributed by atoms with Gasteiger partial charge in [-0.25, -0.2) is 17.9 Å². The minimum absolute atomic E-state index is 0.0856. The number of benzene rings is 3. The number of carbonyl (C=O) groups is 2. The summed E-state index contributed by atoms with van der Waals surface area (Å²) in [6.07, 6.45) is -0.702.